The molecule has 1 aromatic carbocycles. The number of nitrogens with two attached hydrogens (primary N) is 2. The molecule has 1 unspecified atom stereocenters. The summed E-state index contributed by atoms with van der Waals surface area (Å²) in [5.74, 6) is 1.33. The maximum atomic E-state index is 6.78. The fourth-order valence-electron chi connectivity index (χ4n) is 5.89. The number of nitrogens with zero attached hydrogens (tertiary/aromatic N) is 5. The second kappa shape index (κ2) is 7.71. The van der Waals surface area contributed by atoms with Gasteiger partial charge in [-0.3, -0.25) is 4.40 Å². The van der Waals surface area contributed by atoms with Gasteiger partial charge in [0.05, 0.1) is 16.1 Å². The van der Waals surface area contributed by atoms with E-state index >= 15 is 0 Å². The van der Waals surface area contributed by atoms with Crippen molar-refractivity contribution >= 4 is 51.8 Å². The standard InChI is InChI=1S/C26H24ClN7S/c27-21-18(7-10-30-23(21)29)35-19-5-6-20-32-24(17-14-31-25(19)34(17)20)33-11-8-26(9-12-33)13-15-3-1-2-4-16(15)22(26)28/h1-7,10,14,22H,8-9,11-13,28H2,(H2,29,30). The van der Waals surface area contributed by atoms with Crippen LogP contribution >= 0.6 is 23.4 Å². The molecule has 1 aliphatic carbocycles. The van der Waals surface area contributed by atoms with Gasteiger partial charge >= 0.3 is 0 Å². The minimum atomic E-state index is 0.110. The lowest BCUT2D eigenvalue weighted by atomic mass is 9.73. The smallest absolute Gasteiger partial charge is 0.157 e. The molecule has 4 aromatic heterocycles. The van der Waals surface area contributed by atoms with Crippen LogP contribution in [0.3, 0.4) is 0 Å². The average Bonchev–Trinajstić information content (AvgIpc) is 3.55. The zero-order chi connectivity index (χ0) is 23.7. The van der Waals surface area contributed by atoms with Crippen molar-refractivity contribution in [3.05, 3.63) is 71.0 Å². The Labute approximate surface area is 211 Å². The number of fused-ring (bicyclic) bond motifs is 1. The number of piperidine rings is 1. The Bertz CT molecular complexity index is 1570. The normalized spacial score (nSPS) is 19.3. The number of rotatable bonds is 3. The quantitative estimate of drug-likeness (QED) is 0.361. The Morgan fingerprint density at radius 3 is 2.69 bits per heavy atom. The van der Waals surface area contributed by atoms with E-state index in [1.165, 1.54) is 22.9 Å². The van der Waals surface area contributed by atoms with E-state index in [-0.39, 0.29) is 11.5 Å². The molecule has 2 aliphatic rings. The van der Waals surface area contributed by atoms with E-state index < -0.39 is 0 Å². The molecule has 5 aromatic rings. The summed E-state index contributed by atoms with van der Waals surface area (Å²) in [7, 11) is 0. The monoisotopic (exact) mass is 501 g/mol. The molecule has 1 saturated heterocycles. The van der Waals surface area contributed by atoms with Gasteiger partial charge in [-0.05, 0) is 54.0 Å². The van der Waals surface area contributed by atoms with Crippen molar-refractivity contribution < 1.29 is 0 Å². The third kappa shape index (κ3) is 3.13. The van der Waals surface area contributed by atoms with E-state index in [9.17, 15) is 0 Å². The highest BCUT2D eigenvalue weighted by molar-refractivity contribution is 7.99. The first-order valence-corrected chi connectivity index (χ1v) is 13.0. The van der Waals surface area contributed by atoms with Gasteiger partial charge in [0.2, 0.25) is 0 Å². The molecule has 7 nitrogen and oxygen atoms in total. The molecule has 4 N–H and O–H groups in total. The summed E-state index contributed by atoms with van der Waals surface area (Å²) in [6.45, 7) is 1.88. The summed E-state index contributed by atoms with van der Waals surface area (Å²) in [5, 5.41) is 0.466. The molecule has 1 atom stereocenters. The fourth-order valence-corrected chi connectivity index (χ4v) is 7.05. The van der Waals surface area contributed by atoms with Gasteiger partial charge in [-0.2, -0.15) is 0 Å². The van der Waals surface area contributed by atoms with E-state index in [2.05, 4.69) is 38.6 Å². The molecule has 0 saturated carbocycles. The summed E-state index contributed by atoms with van der Waals surface area (Å²) in [6.07, 6.45) is 6.79. The van der Waals surface area contributed by atoms with Crippen LogP contribution in [-0.4, -0.2) is 32.4 Å². The maximum Gasteiger partial charge on any atom is 0.157 e. The fraction of sp³-hybridized carbons (Fsp3) is 0.269. The van der Waals surface area contributed by atoms with Crippen LogP contribution in [0.15, 0.2) is 64.6 Å². The van der Waals surface area contributed by atoms with Crippen LogP contribution in [0.1, 0.15) is 30.0 Å². The van der Waals surface area contributed by atoms with Gasteiger partial charge in [0, 0.05) is 30.2 Å². The average molecular weight is 502 g/mol. The van der Waals surface area contributed by atoms with E-state index in [1.54, 1.807) is 6.20 Å². The Kier molecular flexibility index (Phi) is 4.68. The second-order valence-electron chi connectivity index (χ2n) is 9.61. The van der Waals surface area contributed by atoms with Gasteiger partial charge in [-0.1, -0.05) is 47.6 Å². The zero-order valence-electron chi connectivity index (χ0n) is 19.0. The van der Waals surface area contributed by atoms with Gasteiger partial charge in [0.15, 0.2) is 11.5 Å². The SMILES string of the molecule is Nc1nccc(Sc2ccc3nc(N4CCC5(CC4)Cc4ccccc4C5N)c4cnc2n34)c1Cl. The Hall–Kier alpha value is -3.07. The van der Waals surface area contributed by atoms with Crippen molar-refractivity contribution in [2.75, 3.05) is 23.7 Å². The molecular formula is C26H24ClN7S. The first kappa shape index (κ1) is 21.2. The van der Waals surface area contributed by atoms with Crippen molar-refractivity contribution in [1.29, 1.82) is 0 Å². The van der Waals surface area contributed by atoms with E-state index in [4.69, 9.17) is 33.0 Å². The van der Waals surface area contributed by atoms with Crippen molar-refractivity contribution in [3.63, 3.8) is 0 Å². The number of benzene rings is 1. The predicted molar refractivity (Wildman–Crippen MR) is 140 cm³/mol. The molecular weight excluding hydrogens is 478 g/mol. The number of halogens is 1. The van der Waals surface area contributed by atoms with E-state index in [0.29, 0.717) is 10.8 Å². The van der Waals surface area contributed by atoms with Crippen LogP contribution in [-0.2, 0) is 6.42 Å². The molecule has 9 heteroatoms. The van der Waals surface area contributed by atoms with Crippen molar-refractivity contribution in [3.8, 4) is 0 Å². The van der Waals surface area contributed by atoms with Crippen LogP contribution < -0.4 is 16.4 Å². The van der Waals surface area contributed by atoms with Gasteiger partial charge in [-0.25, -0.2) is 15.0 Å². The van der Waals surface area contributed by atoms with Crippen LogP contribution in [0.2, 0.25) is 5.02 Å². The van der Waals surface area contributed by atoms with Gasteiger partial charge in [-0.15, -0.1) is 0 Å². The van der Waals surface area contributed by atoms with Gasteiger partial charge < -0.3 is 16.4 Å². The minimum Gasteiger partial charge on any atom is -0.382 e. The first-order valence-electron chi connectivity index (χ1n) is 11.8. The van der Waals surface area contributed by atoms with Gasteiger partial charge in [0.25, 0.3) is 0 Å². The molecule has 1 spiro atoms. The number of nitrogen functional groups attached to an aromatic ring is 1. The molecule has 35 heavy (non-hydrogen) atoms. The number of hydrogen-bond acceptors (Lipinski definition) is 7. The van der Waals surface area contributed by atoms with Gasteiger partial charge in [0.1, 0.15) is 17.0 Å². The number of aromatic nitrogens is 4. The lowest BCUT2D eigenvalue weighted by Gasteiger charge is -2.42. The number of pyridine rings is 2. The lowest BCUT2D eigenvalue weighted by molar-refractivity contribution is 0.187. The number of imidazole rings is 2. The molecule has 0 amide bonds. The Morgan fingerprint density at radius 2 is 1.86 bits per heavy atom. The Balaban J connectivity index is 1.18. The molecule has 7 rings (SSSR count). The molecule has 5 heterocycles. The zero-order valence-corrected chi connectivity index (χ0v) is 20.6. The summed E-state index contributed by atoms with van der Waals surface area (Å²) >= 11 is 7.92. The van der Waals surface area contributed by atoms with Crippen molar-refractivity contribution in [1.82, 2.24) is 19.4 Å². The van der Waals surface area contributed by atoms with E-state index in [1.807, 2.05) is 24.4 Å². The van der Waals surface area contributed by atoms with Crippen molar-refractivity contribution in [2.45, 2.75) is 35.1 Å². The molecule has 1 fully saturated rings. The summed E-state index contributed by atoms with van der Waals surface area (Å²) in [4.78, 5) is 18.1. The summed E-state index contributed by atoms with van der Waals surface area (Å²) < 4.78 is 2.14. The highest BCUT2D eigenvalue weighted by Crippen LogP contribution is 2.51. The molecule has 0 radical (unpaired) electrons. The highest BCUT2D eigenvalue weighted by Gasteiger charge is 2.46. The minimum absolute atomic E-state index is 0.110. The molecule has 1 aliphatic heterocycles. The predicted octanol–water partition coefficient (Wildman–Crippen LogP) is 4.94. The Morgan fingerprint density at radius 1 is 1.03 bits per heavy atom. The largest absolute Gasteiger partial charge is 0.382 e. The topological polar surface area (TPSA) is 98.4 Å². The number of hydrogen-bond donors (Lipinski definition) is 2. The lowest BCUT2D eigenvalue weighted by Crippen LogP contribution is -2.44. The van der Waals surface area contributed by atoms with Crippen LogP contribution in [0.25, 0.3) is 16.8 Å². The first-order chi connectivity index (χ1) is 17.0. The summed E-state index contributed by atoms with van der Waals surface area (Å²) in [5.41, 5.74) is 18.4. The van der Waals surface area contributed by atoms with E-state index in [0.717, 1.165) is 64.8 Å². The number of anilines is 2. The van der Waals surface area contributed by atoms with Crippen molar-refractivity contribution in [2.24, 2.45) is 11.1 Å². The maximum absolute atomic E-state index is 6.78. The molecule has 176 valence electrons. The van der Waals surface area contributed by atoms with Crippen LogP contribution in [0.4, 0.5) is 11.6 Å². The van der Waals surface area contributed by atoms with Crippen LogP contribution in [0.5, 0.6) is 0 Å². The third-order valence-electron chi connectivity index (χ3n) is 7.80. The highest BCUT2D eigenvalue weighted by atomic mass is 35.5. The summed E-state index contributed by atoms with van der Waals surface area (Å²) in [6, 6.07) is 14.7. The second-order valence-corrected chi connectivity index (χ2v) is 11.1. The molecule has 0 bridgehead atoms. The van der Waals surface area contributed by atoms with Crippen LogP contribution in [0, 0.1) is 5.41 Å². The third-order valence-corrected chi connectivity index (χ3v) is 9.40.